The summed E-state index contributed by atoms with van der Waals surface area (Å²) in [5.74, 6) is 0.650. The molecule has 0 aliphatic rings. The van der Waals surface area contributed by atoms with Crippen molar-refractivity contribution in [3.05, 3.63) is 58.5 Å². The smallest absolute Gasteiger partial charge is 0.323 e. The molecule has 7 nitrogen and oxygen atoms in total. The monoisotopic (exact) mass is 354 g/mol. The number of methoxy groups -OCH3 is 1. The van der Waals surface area contributed by atoms with Crippen molar-refractivity contribution in [2.75, 3.05) is 12.4 Å². The van der Waals surface area contributed by atoms with E-state index in [1.807, 2.05) is 49.4 Å². The lowest BCUT2D eigenvalue weighted by atomic mass is 10.1. The van der Waals surface area contributed by atoms with Gasteiger partial charge < -0.3 is 25.3 Å². The van der Waals surface area contributed by atoms with E-state index in [2.05, 4.69) is 20.6 Å². The van der Waals surface area contributed by atoms with E-state index in [1.54, 1.807) is 7.11 Å². The minimum absolute atomic E-state index is 0.0852. The molecule has 2 aromatic carbocycles. The number of imidazole rings is 1. The highest BCUT2D eigenvalue weighted by Crippen LogP contribution is 2.18. The summed E-state index contributed by atoms with van der Waals surface area (Å²) in [6.45, 7) is 2.34. The predicted molar refractivity (Wildman–Crippen MR) is 101 cm³/mol. The molecule has 0 saturated carbocycles. The van der Waals surface area contributed by atoms with E-state index < -0.39 is 0 Å². The van der Waals surface area contributed by atoms with Crippen molar-refractivity contribution in [1.29, 1.82) is 0 Å². The molecule has 0 spiro atoms. The number of carbonyl (C=O) groups is 1. The standard InChI is InChI=1S/C19H22N4O3/c1-3-15(21-13-5-4-6-14(10-13)26-2)18(24)20-11-12-7-8-16-17(9-12)23-19(25)22-16/h4-10,15,21H,3,11H2,1-2H3,(H,20,24)(H2,22,23,25)/t15-/m0/s1. The molecule has 0 aliphatic heterocycles. The van der Waals surface area contributed by atoms with Crippen LogP contribution in [0.1, 0.15) is 18.9 Å². The Balaban J connectivity index is 1.63. The molecule has 3 aromatic rings. The van der Waals surface area contributed by atoms with Crippen LogP contribution in [0.15, 0.2) is 47.3 Å². The number of aromatic amines is 2. The Bertz CT molecular complexity index is 961. The highest BCUT2D eigenvalue weighted by Gasteiger charge is 2.16. The van der Waals surface area contributed by atoms with Crippen LogP contribution in [0.3, 0.4) is 0 Å². The minimum Gasteiger partial charge on any atom is -0.497 e. The van der Waals surface area contributed by atoms with Gasteiger partial charge in [-0.25, -0.2) is 4.79 Å². The molecular formula is C19H22N4O3. The zero-order valence-corrected chi connectivity index (χ0v) is 14.8. The second kappa shape index (κ2) is 7.77. The first-order valence-electron chi connectivity index (χ1n) is 8.48. The number of H-pyrrole nitrogens is 2. The third-order valence-corrected chi connectivity index (χ3v) is 4.18. The molecule has 0 fully saturated rings. The lowest BCUT2D eigenvalue weighted by molar-refractivity contribution is -0.122. The molecule has 1 atom stereocenters. The molecule has 0 unspecified atom stereocenters. The number of hydrogen-bond acceptors (Lipinski definition) is 4. The molecule has 26 heavy (non-hydrogen) atoms. The van der Waals surface area contributed by atoms with Crippen molar-refractivity contribution in [1.82, 2.24) is 15.3 Å². The fraction of sp³-hybridized carbons (Fsp3) is 0.263. The highest BCUT2D eigenvalue weighted by atomic mass is 16.5. The second-order valence-corrected chi connectivity index (χ2v) is 6.01. The van der Waals surface area contributed by atoms with Crippen LogP contribution in [0.25, 0.3) is 11.0 Å². The largest absolute Gasteiger partial charge is 0.497 e. The van der Waals surface area contributed by atoms with Gasteiger partial charge in [0.15, 0.2) is 0 Å². The van der Waals surface area contributed by atoms with Crippen molar-refractivity contribution >= 4 is 22.6 Å². The van der Waals surface area contributed by atoms with E-state index in [4.69, 9.17) is 4.74 Å². The number of fused-ring (bicyclic) bond motifs is 1. The molecular weight excluding hydrogens is 332 g/mol. The van der Waals surface area contributed by atoms with Gasteiger partial charge in [-0.1, -0.05) is 19.1 Å². The molecule has 1 aromatic heterocycles. The number of benzene rings is 2. The van der Waals surface area contributed by atoms with E-state index in [0.29, 0.717) is 13.0 Å². The average Bonchev–Trinajstić information content (AvgIpc) is 3.03. The molecule has 0 aliphatic carbocycles. The first kappa shape index (κ1) is 17.6. The van der Waals surface area contributed by atoms with Crippen LogP contribution in [-0.2, 0) is 11.3 Å². The molecule has 4 N–H and O–H groups in total. The van der Waals surface area contributed by atoms with Crippen molar-refractivity contribution in [2.24, 2.45) is 0 Å². The summed E-state index contributed by atoms with van der Waals surface area (Å²) in [4.78, 5) is 29.2. The summed E-state index contributed by atoms with van der Waals surface area (Å²) >= 11 is 0. The van der Waals surface area contributed by atoms with Gasteiger partial charge in [-0.3, -0.25) is 4.79 Å². The maximum atomic E-state index is 12.5. The second-order valence-electron chi connectivity index (χ2n) is 6.01. The van der Waals surface area contributed by atoms with Crippen LogP contribution in [0.5, 0.6) is 5.75 Å². The maximum Gasteiger partial charge on any atom is 0.323 e. The zero-order chi connectivity index (χ0) is 18.5. The van der Waals surface area contributed by atoms with Crippen LogP contribution in [0, 0.1) is 0 Å². The number of anilines is 1. The number of amides is 1. The van der Waals surface area contributed by atoms with E-state index in [9.17, 15) is 9.59 Å². The highest BCUT2D eigenvalue weighted by molar-refractivity contribution is 5.84. The summed E-state index contributed by atoms with van der Waals surface area (Å²) in [5.41, 5.74) is 2.98. The fourth-order valence-electron chi connectivity index (χ4n) is 2.77. The summed E-state index contributed by atoms with van der Waals surface area (Å²) in [6, 6.07) is 12.7. The SMILES string of the molecule is CC[C@H](Nc1cccc(OC)c1)C(=O)NCc1ccc2[nH]c(=O)[nH]c2c1. The van der Waals surface area contributed by atoms with Crippen molar-refractivity contribution < 1.29 is 9.53 Å². The van der Waals surface area contributed by atoms with Crippen LogP contribution in [0.4, 0.5) is 5.69 Å². The van der Waals surface area contributed by atoms with E-state index >= 15 is 0 Å². The topological polar surface area (TPSA) is 99.0 Å². The predicted octanol–water partition coefficient (Wildman–Crippen LogP) is 2.37. The Kier molecular flexibility index (Phi) is 5.26. The van der Waals surface area contributed by atoms with Gasteiger partial charge in [-0.2, -0.15) is 0 Å². The number of aromatic nitrogens is 2. The van der Waals surface area contributed by atoms with Crippen LogP contribution < -0.4 is 21.1 Å². The number of hydrogen-bond donors (Lipinski definition) is 4. The normalized spacial score (nSPS) is 11.9. The summed E-state index contributed by atoms with van der Waals surface area (Å²) in [6.07, 6.45) is 0.646. The number of carbonyl (C=O) groups excluding carboxylic acids is 1. The molecule has 3 rings (SSSR count). The van der Waals surface area contributed by atoms with Gasteiger partial charge in [-0.15, -0.1) is 0 Å². The number of rotatable bonds is 7. The molecule has 0 saturated heterocycles. The van der Waals surface area contributed by atoms with Crippen molar-refractivity contribution in [2.45, 2.75) is 25.9 Å². The third kappa shape index (κ3) is 4.05. The van der Waals surface area contributed by atoms with Gasteiger partial charge in [0, 0.05) is 18.3 Å². The Hall–Kier alpha value is -3.22. The fourth-order valence-corrected chi connectivity index (χ4v) is 2.77. The lowest BCUT2D eigenvalue weighted by Gasteiger charge is -2.18. The van der Waals surface area contributed by atoms with Gasteiger partial charge in [0.05, 0.1) is 18.1 Å². The van der Waals surface area contributed by atoms with Gasteiger partial charge in [0.25, 0.3) is 0 Å². The van der Waals surface area contributed by atoms with Gasteiger partial charge in [0.2, 0.25) is 5.91 Å². The first-order valence-corrected chi connectivity index (χ1v) is 8.48. The van der Waals surface area contributed by atoms with E-state index in [0.717, 1.165) is 28.0 Å². The molecule has 1 amide bonds. The third-order valence-electron chi connectivity index (χ3n) is 4.18. The molecule has 0 radical (unpaired) electrons. The Morgan fingerprint density at radius 2 is 1.96 bits per heavy atom. The van der Waals surface area contributed by atoms with Gasteiger partial charge >= 0.3 is 5.69 Å². The minimum atomic E-state index is -0.349. The average molecular weight is 354 g/mol. The van der Waals surface area contributed by atoms with Gasteiger partial charge in [0.1, 0.15) is 11.8 Å². The molecule has 7 heteroatoms. The maximum absolute atomic E-state index is 12.5. The first-order chi connectivity index (χ1) is 12.6. The van der Waals surface area contributed by atoms with E-state index in [1.165, 1.54) is 0 Å². The van der Waals surface area contributed by atoms with Crippen LogP contribution >= 0.6 is 0 Å². The van der Waals surface area contributed by atoms with Crippen LogP contribution in [0.2, 0.25) is 0 Å². The Morgan fingerprint density at radius 1 is 1.15 bits per heavy atom. The van der Waals surface area contributed by atoms with Gasteiger partial charge in [-0.05, 0) is 36.2 Å². The van der Waals surface area contributed by atoms with E-state index in [-0.39, 0.29) is 17.6 Å². The Labute approximate surface area is 150 Å². The molecule has 1 heterocycles. The zero-order valence-electron chi connectivity index (χ0n) is 14.8. The lowest BCUT2D eigenvalue weighted by Crippen LogP contribution is -2.38. The summed E-state index contributed by atoms with van der Waals surface area (Å²) < 4.78 is 5.20. The molecule has 136 valence electrons. The molecule has 0 bridgehead atoms. The number of nitrogens with one attached hydrogen (secondary N) is 4. The van der Waals surface area contributed by atoms with Crippen molar-refractivity contribution in [3.63, 3.8) is 0 Å². The summed E-state index contributed by atoms with van der Waals surface area (Å²) in [5, 5.41) is 6.16. The Morgan fingerprint density at radius 3 is 2.73 bits per heavy atom. The quantitative estimate of drug-likeness (QED) is 0.523. The van der Waals surface area contributed by atoms with Crippen molar-refractivity contribution in [3.8, 4) is 5.75 Å². The van der Waals surface area contributed by atoms with Crippen LogP contribution in [-0.4, -0.2) is 29.0 Å². The summed E-state index contributed by atoms with van der Waals surface area (Å²) in [7, 11) is 1.61. The number of ether oxygens (including phenoxy) is 1.